The third kappa shape index (κ3) is 3.35. The van der Waals surface area contributed by atoms with Crippen molar-refractivity contribution in [3.8, 4) is 0 Å². The molecule has 0 saturated heterocycles. The van der Waals surface area contributed by atoms with Crippen LogP contribution in [0.1, 0.15) is 35.4 Å². The van der Waals surface area contributed by atoms with Gasteiger partial charge in [0.25, 0.3) is 0 Å². The molecule has 1 atom stereocenters. The highest BCUT2D eigenvalue weighted by molar-refractivity contribution is 7.10. The van der Waals surface area contributed by atoms with Gasteiger partial charge in [0, 0.05) is 22.5 Å². The number of hydrogen-bond donors (Lipinski definition) is 1. The normalized spacial score (nSPS) is 12.6. The molecule has 0 bridgehead atoms. The maximum Gasteiger partial charge on any atom is 0.0414 e. The van der Waals surface area contributed by atoms with Crippen molar-refractivity contribution >= 4 is 22.9 Å². The number of thiophene rings is 1. The highest BCUT2D eigenvalue weighted by Crippen LogP contribution is 2.23. The van der Waals surface area contributed by atoms with Crippen molar-refractivity contribution < 1.29 is 0 Å². The van der Waals surface area contributed by atoms with E-state index in [4.69, 9.17) is 11.6 Å². The van der Waals surface area contributed by atoms with E-state index in [0.29, 0.717) is 6.04 Å². The molecule has 0 spiro atoms. The maximum atomic E-state index is 5.97. The van der Waals surface area contributed by atoms with Gasteiger partial charge < -0.3 is 5.32 Å². The van der Waals surface area contributed by atoms with Crippen molar-refractivity contribution in [2.24, 2.45) is 0 Å². The second-order valence-electron chi connectivity index (χ2n) is 4.43. The van der Waals surface area contributed by atoms with E-state index in [1.54, 1.807) is 0 Å². The molecule has 0 fully saturated rings. The molecule has 1 unspecified atom stereocenters. The zero-order chi connectivity index (χ0) is 13.0. The summed E-state index contributed by atoms with van der Waals surface area (Å²) in [6.07, 6.45) is 1.10. The second kappa shape index (κ2) is 6.37. The third-order valence-electron chi connectivity index (χ3n) is 3.14. The first-order valence-electron chi connectivity index (χ1n) is 6.22. The zero-order valence-corrected chi connectivity index (χ0v) is 12.3. The van der Waals surface area contributed by atoms with Gasteiger partial charge in [0.1, 0.15) is 0 Å². The minimum Gasteiger partial charge on any atom is -0.305 e. The van der Waals surface area contributed by atoms with Crippen molar-refractivity contribution in [1.29, 1.82) is 0 Å². The minimum absolute atomic E-state index is 0.445. The highest BCUT2D eigenvalue weighted by Gasteiger charge is 2.10. The van der Waals surface area contributed by atoms with E-state index in [1.807, 2.05) is 23.5 Å². The second-order valence-corrected chi connectivity index (χ2v) is 5.84. The van der Waals surface area contributed by atoms with Gasteiger partial charge in [-0.05, 0) is 48.1 Å². The van der Waals surface area contributed by atoms with Gasteiger partial charge >= 0.3 is 0 Å². The summed E-state index contributed by atoms with van der Waals surface area (Å²) in [5, 5.41) is 6.55. The predicted molar refractivity (Wildman–Crippen MR) is 80.4 cm³/mol. The lowest BCUT2D eigenvalue weighted by Gasteiger charge is -2.16. The molecule has 0 aliphatic carbocycles. The molecule has 1 aromatic carbocycles. The molecule has 2 rings (SSSR count). The molecule has 18 heavy (non-hydrogen) atoms. The number of benzene rings is 1. The summed E-state index contributed by atoms with van der Waals surface area (Å²) in [7, 11) is 0. The lowest BCUT2D eigenvalue weighted by atomic mass is 10.1. The molecule has 1 heterocycles. The average molecular weight is 280 g/mol. The number of nitrogens with one attached hydrogen (secondary N) is 1. The Kier molecular flexibility index (Phi) is 4.81. The van der Waals surface area contributed by atoms with Crippen LogP contribution in [0.5, 0.6) is 0 Å². The molecule has 1 aromatic heterocycles. The zero-order valence-electron chi connectivity index (χ0n) is 10.7. The molecule has 0 aliphatic rings. The Hall–Kier alpha value is -0.830. The fourth-order valence-electron chi connectivity index (χ4n) is 2.03. The Bertz CT molecular complexity index is 493. The van der Waals surface area contributed by atoms with Gasteiger partial charge in [-0.15, -0.1) is 11.3 Å². The van der Waals surface area contributed by atoms with E-state index in [0.717, 1.165) is 18.0 Å². The third-order valence-corrected chi connectivity index (χ3v) is 4.36. The first-order chi connectivity index (χ1) is 8.70. The highest BCUT2D eigenvalue weighted by atomic mass is 35.5. The fourth-order valence-corrected chi connectivity index (χ4v) is 3.14. The van der Waals surface area contributed by atoms with Gasteiger partial charge in [0.2, 0.25) is 0 Å². The SMILES string of the molecule is CCC(NCc1ccc(Cl)cc1C)c1cccs1. The van der Waals surface area contributed by atoms with Crippen LogP contribution in [0.3, 0.4) is 0 Å². The largest absolute Gasteiger partial charge is 0.305 e. The quantitative estimate of drug-likeness (QED) is 0.816. The van der Waals surface area contributed by atoms with Crippen LogP contribution in [0.25, 0.3) is 0 Å². The lowest BCUT2D eigenvalue weighted by Crippen LogP contribution is -2.19. The molecule has 2 aromatic rings. The topological polar surface area (TPSA) is 12.0 Å². The van der Waals surface area contributed by atoms with Crippen molar-refractivity contribution in [2.45, 2.75) is 32.9 Å². The Morgan fingerprint density at radius 1 is 1.33 bits per heavy atom. The summed E-state index contributed by atoms with van der Waals surface area (Å²) in [4.78, 5) is 1.41. The Morgan fingerprint density at radius 2 is 2.17 bits per heavy atom. The van der Waals surface area contributed by atoms with E-state index in [2.05, 4.69) is 42.7 Å². The van der Waals surface area contributed by atoms with Crippen LogP contribution in [0.15, 0.2) is 35.7 Å². The maximum absolute atomic E-state index is 5.97. The van der Waals surface area contributed by atoms with E-state index in [9.17, 15) is 0 Å². The van der Waals surface area contributed by atoms with E-state index >= 15 is 0 Å². The van der Waals surface area contributed by atoms with Crippen LogP contribution < -0.4 is 5.32 Å². The first-order valence-corrected chi connectivity index (χ1v) is 7.48. The fraction of sp³-hybridized carbons (Fsp3) is 0.333. The van der Waals surface area contributed by atoms with Crippen molar-refractivity contribution in [1.82, 2.24) is 5.32 Å². The van der Waals surface area contributed by atoms with Gasteiger partial charge in [-0.25, -0.2) is 0 Å². The van der Waals surface area contributed by atoms with Gasteiger partial charge in [0.05, 0.1) is 0 Å². The van der Waals surface area contributed by atoms with Crippen LogP contribution >= 0.6 is 22.9 Å². The Labute approximate surface area is 118 Å². The number of aryl methyl sites for hydroxylation is 1. The minimum atomic E-state index is 0.445. The van der Waals surface area contributed by atoms with Crippen LogP contribution in [-0.2, 0) is 6.54 Å². The van der Waals surface area contributed by atoms with E-state index in [1.165, 1.54) is 16.0 Å². The van der Waals surface area contributed by atoms with Gasteiger partial charge in [-0.2, -0.15) is 0 Å². The summed E-state index contributed by atoms with van der Waals surface area (Å²) in [6, 6.07) is 10.8. The Balaban J connectivity index is 2.02. The molecule has 0 radical (unpaired) electrons. The van der Waals surface area contributed by atoms with E-state index in [-0.39, 0.29) is 0 Å². The summed E-state index contributed by atoms with van der Waals surface area (Å²) < 4.78 is 0. The number of hydrogen-bond acceptors (Lipinski definition) is 2. The van der Waals surface area contributed by atoms with Crippen LogP contribution in [0.4, 0.5) is 0 Å². The van der Waals surface area contributed by atoms with Gasteiger partial charge in [-0.1, -0.05) is 30.7 Å². The molecule has 0 saturated carbocycles. The van der Waals surface area contributed by atoms with Gasteiger partial charge in [0.15, 0.2) is 0 Å². The summed E-state index contributed by atoms with van der Waals surface area (Å²) in [5.74, 6) is 0. The van der Waals surface area contributed by atoms with Crippen molar-refractivity contribution in [3.05, 3.63) is 56.7 Å². The standard InChI is InChI=1S/C15H18ClNS/c1-3-14(15-5-4-8-18-15)17-10-12-6-7-13(16)9-11(12)2/h4-9,14,17H,3,10H2,1-2H3. The molecule has 96 valence electrons. The van der Waals surface area contributed by atoms with Crippen LogP contribution in [-0.4, -0.2) is 0 Å². The average Bonchev–Trinajstić information content (AvgIpc) is 2.86. The molecule has 1 N–H and O–H groups in total. The monoisotopic (exact) mass is 279 g/mol. The predicted octanol–water partition coefficient (Wildman–Crippen LogP) is 4.95. The van der Waals surface area contributed by atoms with E-state index < -0.39 is 0 Å². The lowest BCUT2D eigenvalue weighted by molar-refractivity contribution is 0.525. The van der Waals surface area contributed by atoms with Gasteiger partial charge in [-0.3, -0.25) is 0 Å². The summed E-state index contributed by atoms with van der Waals surface area (Å²) in [6.45, 7) is 5.21. The Morgan fingerprint density at radius 3 is 2.78 bits per heavy atom. The smallest absolute Gasteiger partial charge is 0.0414 e. The molecular formula is C15H18ClNS. The number of rotatable bonds is 5. The molecule has 1 nitrogen and oxygen atoms in total. The summed E-state index contributed by atoms with van der Waals surface area (Å²) in [5.41, 5.74) is 2.56. The van der Waals surface area contributed by atoms with Crippen molar-refractivity contribution in [3.63, 3.8) is 0 Å². The molecule has 0 amide bonds. The number of halogens is 1. The van der Waals surface area contributed by atoms with Crippen LogP contribution in [0.2, 0.25) is 5.02 Å². The summed E-state index contributed by atoms with van der Waals surface area (Å²) >= 11 is 7.78. The van der Waals surface area contributed by atoms with Crippen LogP contribution in [0, 0.1) is 6.92 Å². The molecule has 3 heteroatoms. The molecule has 0 aliphatic heterocycles. The van der Waals surface area contributed by atoms with Crippen molar-refractivity contribution in [2.75, 3.05) is 0 Å². The first kappa shape index (κ1) is 13.6. The molecular weight excluding hydrogens is 262 g/mol.